The number of amides is 1. The van der Waals surface area contributed by atoms with Crippen molar-refractivity contribution in [2.45, 2.75) is 5.60 Å². The van der Waals surface area contributed by atoms with Gasteiger partial charge in [0.2, 0.25) is 0 Å². The molecule has 0 saturated carbocycles. The summed E-state index contributed by atoms with van der Waals surface area (Å²) >= 11 is 3.33. The Bertz CT molecular complexity index is 1020. The van der Waals surface area contributed by atoms with Crippen LogP contribution in [-0.4, -0.2) is 25.0 Å². The van der Waals surface area contributed by atoms with Gasteiger partial charge in [-0.15, -0.1) is 0 Å². The smallest absolute Gasteiger partial charge is 0.357 e. The van der Waals surface area contributed by atoms with Crippen molar-refractivity contribution in [2.75, 3.05) is 17.7 Å². The second-order valence-corrected chi connectivity index (χ2v) is 6.86. The summed E-state index contributed by atoms with van der Waals surface area (Å²) in [6.45, 7) is 0. The van der Waals surface area contributed by atoms with Crippen LogP contribution in [-0.2, 0) is 29.5 Å². The molecule has 136 valence electrons. The molecule has 4 rings (SSSR count). The monoisotopic (exact) mass is 428 g/mol. The van der Waals surface area contributed by atoms with Crippen LogP contribution in [0.1, 0.15) is 5.56 Å². The van der Waals surface area contributed by atoms with Gasteiger partial charge in [-0.25, -0.2) is 9.59 Å². The fourth-order valence-corrected chi connectivity index (χ4v) is 3.50. The maximum Gasteiger partial charge on any atom is 0.357 e. The summed E-state index contributed by atoms with van der Waals surface area (Å²) in [7, 11) is 1.18. The number of hydrogen-bond donors (Lipinski definition) is 2. The molecule has 0 radical (unpaired) electrons. The van der Waals surface area contributed by atoms with E-state index in [2.05, 4.69) is 26.6 Å². The first-order valence-electron chi connectivity index (χ1n) is 7.97. The number of carbonyl (C=O) groups is 3. The van der Waals surface area contributed by atoms with Crippen LogP contribution in [0.2, 0.25) is 0 Å². The molecular formula is C19H13BrN2O5. The number of carbonyl (C=O) groups excluding carboxylic acids is 3. The minimum Gasteiger partial charge on any atom is -0.465 e. The van der Waals surface area contributed by atoms with Crippen molar-refractivity contribution in [1.29, 1.82) is 0 Å². The standard InChI is InChI=1S/C19H13BrN2O5/c1-26-16(23)14-15(21-11-8-6-10(20)7-9-11)17(24)27-19(14)12-4-2-3-5-13(12)22-18(19)25/h2-9,21H,1H3,(H,22,25). The lowest BCUT2D eigenvalue weighted by Crippen LogP contribution is -2.39. The van der Waals surface area contributed by atoms with Gasteiger partial charge in [0.05, 0.1) is 7.11 Å². The summed E-state index contributed by atoms with van der Waals surface area (Å²) in [6, 6.07) is 13.7. The van der Waals surface area contributed by atoms with Crippen LogP contribution < -0.4 is 10.6 Å². The molecule has 0 saturated heterocycles. The van der Waals surface area contributed by atoms with E-state index in [1.807, 2.05) is 0 Å². The summed E-state index contributed by atoms with van der Waals surface area (Å²) in [4.78, 5) is 38.1. The zero-order chi connectivity index (χ0) is 19.2. The van der Waals surface area contributed by atoms with Crippen LogP contribution in [0.15, 0.2) is 64.3 Å². The van der Waals surface area contributed by atoms with Gasteiger partial charge in [0.15, 0.2) is 0 Å². The quantitative estimate of drug-likeness (QED) is 0.729. The fraction of sp³-hybridized carbons (Fsp3) is 0.105. The van der Waals surface area contributed by atoms with Crippen LogP contribution in [0.25, 0.3) is 0 Å². The zero-order valence-corrected chi connectivity index (χ0v) is 15.6. The molecule has 0 fully saturated rings. The molecule has 27 heavy (non-hydrogen) atoms. The van der Waals surface area contributed by atoms with Gasteiger partial charge in [-0.3, -0.25) is 4.79 Å². The van der Waals surface area contributed by atoms with Gasteiger partial charge >= 0.3 is 11.9 Å². The molecular weight excluding hydrogens is 416 g/mol. The molecule has 2 N–H and O–H groups in total. The molecule has 1 spiro atoms. The van der Waals surface area contributed by atoms with E-state index in [4.69, 9.17) is 9.47 Å². The van der Waals surface area contributed by atoms with E-state index in [1.165, 1.54) is 7.11 Å². The molecule has 2 aliphatic heterocycles. The van der Waals surface area contributed by atoms with Gasteiger partial charge in [0, 0.05) is 21.4 Å². The van der Waals surface area contributed by atoms with Gasteiger partial charge in [-0.2, -0.15) is 0 Å². The zero-order valence-electron chi connectivity index (χ0n) is 14.0. The molecule has 8 heteroatoms. The highest BCUT2D eigenvalue weighted by molar-refractivity contribution is 9.10. The maximum atomic E-state index is 12.8. The number of fused-ring (bicyclic) bond motifs is 2. The molecule has 2 heterocycles. The lowest BCUT2D eigenvalue weighted by molar-refractivity contribution is -0.156. The van der Waals surface area contributed by atoms with Crippen molar-refractivity contribution in [3.05, 3.63) is 69.8 Å². The predicted molar refractivity (Wildman–Crippen MR) is 99.6 cm³/mol. The number of hydrogen-bond acceptors (Lipinski definition) is 6. The number of anilines is 2. The van der Waals surface area contributed by atoms with Crippen LogP contribution >= 0.6 is 15.9 Å². The van der Waals surface area contributed by atoms with Crippen LogP contribution in [0.5, 0.6) is 0 Å². The van der Waals surface area contributed by atoms with Gasteiger partial charge in [-0.1, -0.05) is 34.1 Å². The average Bonchev–Trinajstić information content (AvgIpc) is 3.11. The summed E-state index contributed by atoms with van der Waals surface area (Å²) < 4.78 is 11.2. The van der Waals surface area contributed by atoms with Gasteiger partial charge in [-0.05, 0) is 30.3 Å². The summed E-state index contributed by atoms with van der Waals surface area (Å²) in [5, 5.41) is 5.55. The number of ether oxygens (including phenoxy) is 2. The highest BCUT2D eigenvalue weighted by atomic mass is 79.9. The number of rotatable bonds is 3. The van der Waals surface area contributed by atoms with E-state index in [0.29, 0.717) is 16.9 Å². The van der Waals surface area contributed by atoms with E-state index >= 15 is 0 Å². The van der Waals surface area contributed by atoms with Crippen LogP contribution in [0.4, 0.5) is 11.4 Å². The lowest BCUT2D eigenvalue weighted by atomic mass is 9.87. The number of nitrogens with one attached hydrogen (secondary N) is 2. The average molecular weight is 429 g/mol. The number of esters is 2. The highest BCUT2D eigenvalue weighted by Gasteiger charge is 2.62. The fourth-order valence-electron chi connectivity index (χ4n) is 3.24. The molecule has 7 nitrogen and oxygen atoms in total. The molecule has 2 aromatic carbocycles. The third-order valence-corrected chi connectivity index (χ3v) is 4.96. The van der Waals surface area contributed by atoms with Gasteiger partial charge < -0.3 is 20.1 Å². The Hall–Kier alpha value is -3.13. The van der Waals surface area contributed by atoms with Gasteiger partial charge in [0.25, 0.3) is 11.5 Å². The maximum absolute atomic E-state index is 12.8. The summed E-state index contributed by atoms with van der Waals surface area (Å²) in [5.74, 6) is -2.26. The van der Waals surface area contributed by atoms with E-state index in [-0.39, 0.29) is 11.3 Å². The molecule has 0 bridgehead atoms. The SMILES string of the molecule is COC(=O)C1=C(Nc2ccc(Br)cc2)C(=O)OC12C(=O)Nc1ccccc12. The Morgan fingerprint density at radius 3 is 2.56 bits per heavy atom. The predicted octanol–water partition coefficient (Wildman–Crippen LogP) is 2.69. The minimum atomic E-state index is -1.88. The Kier molecular flexibility index (Phi) is 4.00. The Morgan fingerprint density at radius 2 is 1.85 bits per heavy atom. The number of methoxy groups -OCH3 is 1. The van der Waals surface area contributed by atoms with Crippen molar-refractivity contribution in [3.63, 3.8) is 0 Å². The summed E-state index contributed by atoms with van der Waals surface area (Å²) in [6.07, 6.45) is 0. The molecule has 2 aromatic rings. The molecule has 2 aliphatic rings. The Morgan fingerprint density at radius 1 is 1.15 bits per heavy atom. The first kappa shape index (κ1) is 17.3. The van der Waals surface area contributed by atoms with Crippen LogP contribution in [0.3, 0.4) is 0 Å². The molecule has 0 aromatic heterocycles. The number of halogens is 1. The summed E-state index contributed by atoms with van der Waals surface area (Å²) in [5.41, 5.74) is -0.775. The van der Waals surface area contributed by atoms with Crippen molar-refractivity contribution in [3.8, 4) is 0 Å². The number of para-hydroxylation sites is 1. The largest absolute Gasteiger partial charge is 0.465 e. The second-order valence-electron chi connectivity index (χ2n) is 5.94. The van der Waals surface area contributed by atoms with Crippen LogP contribution in [0, 0.1) is 0 Å². The first-order valence-corrected chi connectivity index (χ1v) is 8.76. The molecule has 0 aliphatic carbocycles. The highest BCUT2D eigenvalue weighted by Crippen LogP contribution is 2.49. The van der Waals surface area contributed by atoms with Crippen molar-refractivity contribution in [1.82, 2.24) is 0 Å². The third-order valence-electron chi connectivity index (χ3n) is 4.43. The van der Waals surface area contributed by atoms with Crippen molar-refractivity contribution < 1.29 is 23.9 Å². The van der Waals surface area contributed by atoms with Gasteiger partial charge in [0.1, 0.15) is 11.3 Å². The molecule has 1 atom stereocenters. The normalized spacial score (nSPS) is 20.4. The van der Waals surface area contributed by atoms with E-state index < -0.39 is 23.4 Å². The van der Waals surface area contributed by atoms with Crippen molar-refractivity contribution in [2.24, 2.45) is 0 Å². The first-order chi connectivity index (χ1) is 13.0. The van der Waals surface area contributed by atoms with Crippen molar-refractivity contribution >= 4 is 45.2 Å². The lowest BCUT2D eigenvalue weighted by Gasteiger charge is -2.22. The third kappa shape index (κ3) is 2.52. The van der Waals surface area contributed by atoms with E-state index in [9.17, 15) is 14.4 Å². The minimum absolute atomic E-state index is 0.129. The molecule has 1 amide bonds. The number of benzene rings is 2. The Labute approximate surface area is 162 Å². The Balaban J connectivity index is 1.90. The topological polar surface area (TPSA) is 93.7 Å². The molecule has 1 unspecified atom stereocenters. The second kappa shape index (κ2) is 6.24. The van der Waals surface area contributed by atoms with E-state index in [1.54, 1.807) is 48.5 Å². The van der Waals surface area contributed by atoms with E-state index in [0.717, 1.165) is 4.47 Å².